The van der Waals surface area contributed by atoms with Gasteiger partial charge in [-0.05, 0) is 70.1 Å². The zero-order chi connectivity index (χ0) is 24.8. The first kappa shape index (κ1) is 24.7. The van der Waals surface area contributed by atoms with Gasteiger partial charge in [-0.3, -0.25) is 14.4 Å². The van der Waals surface area contributed by atoms with E-state index in [0.717, 1.165) is 11.1 Å². The Kier molecular flexibility index (Phi) is 6.50. The number of likely N-dealkylation sites (tertiary alicyclic amines) is 1. The van der Waals surface area contributed by atoms with Gasteiger partial charge < -0.3 is 24.8 Å². The minimum Gasteiger partial charge on any atom is -0.466 e. The van der Waals surface area contributed by atoms with E-state index in [2.05, 4.69) is 5.32 Å². The largest absolute Gasteiger partial charge is 0.466 e. The van der Waals surface area contributed by atoms with Crippen molar-refractivity contribution in [1.82, 2.24) is 4.90 Å². The van der Waals surface area contributed by atoms with Gasteiger partial charge in [0.25, 0.3) is 0 Å². The summed E-state index contributed by atoms with van der Waals surface area (Å²) in [5.74, 6) is -2.55. The van der Waals surface area contributed by atoms with Crippen molar-refractivity contribution in [3.05, 3.63) is 29.3 Å². The highest BCUT2D eigenvalue weighted by atomic mass is 16.6. The molecular formula is C26H36N2O6. The molecule has 4 rings (SSSR count). The third-order valence-electron chi connectivity index (χ3n) is 8.06. The number of carbonyl (C=O) groups excluding carboxylic acids is 3. The van der Waals surface area contributed by atoms with Crippen LogP contribution in [0.2, 0.25) is 0 Å². The van der Waals surface area contributed by atoms with Crippen LogP contribution in [0.3, 0.4) is 0 Å². The maximum absolute atomic E-state index is 13.9. The Hall–Kier alpha value is -2.45. The Morgan fingerprint density at radius 3 is 2.71 bits per heavy atom. The molecular weight excluding hydrogens is 436 g/mol. The molecule has 34 heavy (non-hydrogen) atoms. The Morgan fingerprint density at radius 2 is 2.03 bits per heavy atom. The molecule has 3 aliphatic rings. The molecule has 1 aromatic carbocycles. The number of nitrogens with one attached hydrogen (secondary N) is 1. The van der Waals surface area contributed by atoms with E-state index in [1.165, 1.54) is 0 Å². The Balaban J connectivity index is 1.75. The van der Waals surface area contributed by atoms with E-state index in [1.54, 1.807) is 11.8 Å². The van der Waals surface area contributed by atoms with Crippen LogP contribution in [-0.4, -0.2) is 64.8 Å². The van der Waals surface area contributed by atoms with Crippen molar-refractivity contribution in [3.63, 3.8) is 0 Å². The fraction of sp³-hybridized carbons (Fsp3) is 0.654. The van der Waals surface area contributed by atoms with E-state index in [1.807, 2.05) is 45.9 Å². The molecule has 0 radical (unpaired) electrons. The van der Waals surface area contributed by atoms with Crippen molar-refractivity contribution in [2.75, 3.05) is 25.1 Å². The number of unbranched alkanes of at least 4 members (excludes halogenated alkanes) is 1. The summed E-state index contributed by atoms with van der Waals surface area (Å²) in [7, 11) is 0. The zero-order valence-electron chi connectivity index (χ0n) is 20.7. The lowest BCUT2D eigenvalue weighted by atomic mass is 9.62. The Morgan fingerprint density at radius 1 is 1.29 bits per heavy atom. The number of aryl methyl sites for hydroxylation is 2. The number of aliphatic hydroxyl groups is 1. The molecule has 8 heteroatoms. The minimum absolute atomic E-state index is 0.00695. The van der Waals surface area contributed by atoms with Crippen molar-refractivity contribution < 1.29 is 29.0 Å². The highest BCUT2D eigenvalue weighted by Crippen LogP contribution is 2.65. The molecule has 2 bridgehead atoms. The summed E-state index contributed by atoms with van der Waals surface area (Å²) in [5.41, 5.74) is 0.665. The van der Waals surface area contributed by atoms with E-state index in [-0.39, 0.29) is 30.9 Å². The molecule has 1 spiro atoms. The van der Waals surface area contributed by atoms with E-state index < -0.39 is 35.0 Å². The molecule has 8 nitrogen and oxygen atoms in total. The number of anilines is 1. The predicted molar refractivity (Wildman–Crippen MR) is 126 cm³/mol. The number of aliphatic hydroxyl groups excluding tert-OH is 1. The second-order valence-electron chi connectivity index (χ2n) is 10.2. The first-order valence-electron chi connectivity index (χ1n) is 12.3. The zero-order valence-corrected chi connectivity index (χ0v) is 20.7. The van der Waals surface area contributed by atoms with Crippen LogP contribution < -0.4 is 5.32 Å². The lowest BCUT2D eigenvalue weighted by molar-refractivity contribution is -0.160. The molecule has 3 heterocycles. The van der Waals surface area contributed by atoms with Crippen LogP contribution in [0.1, 0.15) is 51.2 Å². The molecule has 3 saturated heterocycles. The highest BCUT2D eigenvalue weighted by Gasteiger charge is 2.80. The van der Waals surface area contributed by atoms with Gasteiger partial charge >= 0.3 is 5.97 Å². The Labute approximate surface area is 201 Å². The van der Waals surface area contributed by atoms with Gasteiger partial charge in [0.15, 0.2) is 0 Å². The predicted octanol–water partition coefficient (Wildman–Crippen LogP) is 2.59. The SMILES string of the molecule is CCOC(=O)[C@@H]1[C@H]2C(=O)N(CCCCO)C(C(=O)Nc3cc(C)ccc3C)C23CC(C)[C@@]1(C)O3. The lowest BCUT2D eigenvalue weighted by Crippen LogP contribution is -2.54. The second-order valence-corrected chi connectivity index (χ2v) is 10.2. The molecule has 0 saturated carbocycles. The van der Waals surface area contributed by atoms with E-state index >= 15 is 0 Å². The summed E-state index contributed by atoms with van der Waals surface area (Å²) in [6, 6.07) is 4.97. The van der Waals surface area contributed by atoms with Crippen molar-refractivity contribution >= 4 is 23.5 Å². The van der Waals surface area contributed by atoms with Gasteiger partial charge in [0.05, 0.1) is 18.1 Å². The van der Waals surface area contributed by atoms with Crippen molar-refractivity contribution in [2.45, 2.75) is 71.1 Å². The van der Waals surface area contributed by atoms with E-state index in [4.69, 9.17) is 9.47 Å². The lowest BCUT2D eigenvalue weighted by Gasteiger charge is -2.35. The number of ether oxygens (including phenoxy) is 2. The molecule has 3 fully saturated rings. The topological polar surface area (TPSA) is 105 Å². The van der Waals surface area contributed by atoms with Gasteiger partial charge in [-0.25, -0.2) is 0 Å². The van der Waals surface area contributed by atoms with E-state index in [9.17, 15) is 19.5 Å². The van der Waals surface area contributed by atoms with Gasteiger partial charge in [-0.2, -0.15) is 0 Å². The maximum Gasteiger partial charge on any atom is 0.312 e. The first-order chi connectivity index (χ1) is 16.1. The third-order valence-corrected chi connectivity index (χ3v) is 8.06. The number of fused-ring (bicyclic) bond motifs is 1. The number of carbonyl (C=O) groups is 3. The van der Waals surface area contributed by atoms with Crippen LogP contribution in [0.4, 0.5) is 5.69 Å². The molecule has 1 aromatic rings. The highest BCUT2D eigenvalue weighted by molar-refractivity contribution is 6.03. The fourth-order valence-corrected chi connectivity index (χ4v) is 6.34. The molecule has 186 valence electrons. The van der Waals surface area contributed by atoms with Gasteiger partial charge in [0.1, 0.15) is 17.6 Å². The van der Waals surface area contributed by atoms with Crippen LogP contribution >= 0.6 is 0 Å². The fourth-order valence-electron chi connectivity index (χ4n) is 6.34. The standard InChI is InChI=1S/C26H36N2O6/c1-6-33-24(32)20-19-23(31)28(11-7-8-12-29)21(26(19)14-17(4)25(20,5)34-26)22(30)27-18-13-15(2)9-10-16(18)3/h9-10,13,17,19-21,29H,6-8,11-12,14H2,1-5H3,(H,27,30)/t17?,19-,20-,21?,25+,26?/m0/s1. The summed E-state index contributed by atoms with van der Waals surface area (Å²) >= 11 is 0. The van der Waals surface area contributed by atoms with Crippen molar-refractivity contribution in [1.29, 1.82) is 0 Å². The average molecular weight is 473 g/mol. The molecule has 0 aromatic heterocycles. The van der Waals surface area contributed by atoms with E-state index in [0.29, 0.717) is 31.5 Å². The van der Waals surface area contributed by atoms with Gasteiger partial charge in [0.2, 0.25) is 11.8 Å². The first-order valence-corrected chi connectivity index (χ1v) is 12.3. The smallest absolute Gasteiger partial charge is 0.312 e. The van der Waals surface area contributed by atoms with Gasteiger partial charge in [-0.1, -0.05) is 19.1 Å². The number of amides is 2. The normalized spacial score (nSPS) is 33.8. The number of esters is 1. The van der Waals surface area contributed by atoms with Gasteiger partial charge in [0, 0.05) is 18.8 Å². The van der Waals surface area contributed by atoms with Crippen LogP contribution in [0.15, 0.2) is 18.2 Å². The number of hydrogen-bond acceptors (Lipinski definition) is 6. The summed E-state index contributed by atoms with van der Waals surface area (Å²) in [6.07, 6.45) is 1.58. The monoisotopic (exact) mass is 472 g/mol. The molecule has 6 atom stereocenters. The molecule has 2 N–H and O–H groups in total. The number of benzene rings is 1. The minimum atomic E-state index is -1.09. The van der Waals surface area contributed by atoms with Crippen LogP contribution in [0, 0.1) is 31.6 Å². The quantitative estimate of drug-likeness (QED) is 0.445. The Bertz CT molecular complexity index is 996. The van der Waals surface area contributed by atoms with Gasteiger partial charge in [-0.15, -0.1) is 0 Å². The van der Waals surface area contributed by atoms with Crippen LogP contribution in [0.5, 0.6) is 0 Å². The molecule has 0 aliphatic carbocycles. The summed E-state index contributed by atoms with van der Waals surface area (Å²) in [6.45, 7) is 10.0. The molecule has 3 aliphatic heterocycles. The summed E-state index contributed by atoms with van der Waals surface area (Å²) in [5, 5.41) is 12.3. The van der Waals surface area contributed by atoms with Crippen molar-refractivity contribution in [3.8, 4) is 0 Å². The number of hydrogen-bond donors (Lipinski definition) is 2. The van der Waals surface area contributed by atoms with Crippen molar-refractivity contribution in [2.24, 2.45) is 17.8 Å². The maximum atomic E-state index is 13.9. The second kappa shape index (κ2) is 8.96. The summed E-state index contributed by atoms with van der Waals surface area (Å²) < 4.78 is 12.0. The molecule has 2 amide bonds. The van der Waals surface area contributed by atoms with Crippen LogP contribution in [0.25, 0.3) is 0 Å². The van der Waals surface area contributed by atoms with Crippen LogP contribution in [-0.2, 0) is 23.9 Å². The molecule has 3 unspecified atom stereocenters. The summed E-state index contributed by atoms with van der Waals surface area (Å²) in [4.78, 5) is 42.3. The third kappa shape index (κ3) is 3.62. The number of rotatable bonds is 8. The average Bonchev–Trinajstić information content (AvgIpc) is 3.28. The number of nitrogens with zero attached hydrogens (tertiary/aromatic N) is 1.